The number of hydrazone groups is 1. The Morgan fingerprint density at radius 1 is 1.25 bits per heavy atom. The lowest BCUT2D eigenvalue weighted by molar-refractivity contribution is 0.0697. The van der Waals surface area contributed by atoms with Gasteiger partial charge in [-0.05, 0) is 35.7 Å². The second-order valence-electron chi connectivity index (χ2n) is 4.35. The zero-order chi connectivity index (χ0) is 14.4. The van der Waals surface area contributed by atoms with Crippen molar-refractivity contribution in [2.24, 2.45) is 5.10 Å². The molecule has 0 aliphatic carbocycles. The summed E-state index contributed by atoms with van der Waals surface area (Å²) >= 11 is 0. The van der Waals surface area contributed by atoms with Crippen LogP contribution >= 0.6 is 0 Å². The van der Waals surface area contributed by atoms with Gasteiger partial charge in [0, 0.05) is 0 Å². The predicted molar refractivity (Wildman–Crippen MR) is 80.4 cm³/mol. The van der Waals surface area contributed by atoms with Gasteiger partial charge in [0.1, 0.15) is 0 Å². The third-order valence-electron chi connectivity index (χ3n) is 2.90. The molecule has 0 aliphatic rings. The Hall–Kier alpha value is -2.62. The fourth-order valence-electron chi connectivity index (χ4n) is 1.74. The van der Waals surface area contributed by atoms with Gasteiger partial charge in [0.15, 0.2) is 0 Å². The molecule has 0 radical (unpaired) electrons. The Labute approximate surface area is 117 Å². The molecular formula is C16H16N2O2. The van der Waals surface area contributed by atoms with Gasteiger partial charge >= 0.3 is 5.97 Å². The Kier molecular flexibility index (Phi) is 4.50. The monoisotopic (exact) mass is 268 g/mol. The van der Waals surface area contributed by atoms with Crippen molar-refractivity contribution in [2.75, 3.05) is 5.43 Å². The summed E-state index contributed by atoms with van der Waals surface area (Å²) in [6.45, 7) is 2.11. The number of rotatable bonds is 5. The number of benzene rings is 2. The highest BCUT2D eigenvalue weighted by molar-refractivity contribution is 5.88. The zero-order valence-corrected chi connectivity index (χ0v) is 11.2. The molecule has 0 bridgehead atoms. The number of nitrogens with zero attached hydrogens (tertiary/aromatic N) is 1. The van der Waals surface area contributed by atoms with Crippen LogP contribution in [-0.4, -0.2) is 17.3 Å². The fraction of sp³-hybridized carbons (Fsp3) is 0.125. The molecule has 0 atom stereocenters. The highest BCUT2D eigenvalue weighted by atomic mass is 16.4. The molecule has 2 aromatic rings. The van der Waals surface area contributed by atoms with E-state index in [0.717, 1.165) is 12.0 Å². The van der Waals surface area contributed by atoms with E-state index in [4.69, 9.17) is 5.11 Å². The van der Waals surface area contributed by atoms with Gasteiger partial charge in [0.25, 0.3) is 0 Å². The normalized spacial score (nSPS) is 10.7. The summed E-state index contributed by atoms with van der Waals surface area (Å²) in [4.78, 5) is 10.8. The Balaban J connectivity index is 2.02. The molecule has 4 heteroatoms. The number of aryl methyl sites for hydroxylation is 1. The fourth-order valence-corrected chi connectivity index (χ4v) is 1.74. The molecule has 102 valence electrons. The summed E-state index contributed by atoms with van der Waals surface area (Å²) in [5.41, 5.74) is 5.97. The van der Waals surface area contributed by atoms with Crippen molar-refractivity contribution in [1.29, 1.82) is 0 Å². The first-order valence-electron chi connectivity index (χ1n) is 6.40. The third kappa shape index (κ3) is 3.68. The molecule has 2 rings (SSSR count). The summed E-state index contributed by atoms with van der Waals surface area (Å²) in [5, 5.41) is 13.0. The van der Waals surface area contributed by atoms with Gasteiger partial charge in [0.2, 0.25) is 0 Å². The maximum atomic E-state index is 10.8. The van der Waals surface area contributed by atoms with E-state index < -0.39 is 5.97 Å². The maximum Gasteiger partial charge on any atom is 0.335 e. The quantitative estimate of drug-likeness (QED) is 0.645. The Morgan fingerprint density at radius 2 is 2.00 bits per heavy atom. The Morgan fingerprint density at radius 3 is 2.65 bits per heavy atom. The first kappa shape index (κ1) is 13.8. The number of anilines is 1. The number of nitrogens with one attached hydrogen (secondary N) is 1. The van der Waals surface area contributed by atoms with Crippen LogP contribution < -0.4 is 5.43 Å². The van der Waals surface area contributed by atoms with Gasteiger partial charge in [-0.25, -0.2) is 4.79 Å². The van der Waals surface area contributed by atoms with Crippen LogP contribution in [0.5, 0.6) is 0 Å². The predicted octanol–water partition coefficient (Wildman–Crippen LogP) is 3.39. The summed E-state index contributed by atoms with van der Waals surface area (Å²) in [5.74, 6) is -0.951. The number of carboxylic acids is 1. The molecular weight excluding hydrogens is 252 g/mol. The van der Waals surface area contributed by atoms with Crippen LogP contribution in [0.2, 0.25) is 0 Å². The van der Waals surface area contributed by atoms with Crippen molar-refractivity contribution < 1.29 is 9.90 Å². The lowest BCUT2D eigenvalue weighted by Crippen LogP contribution is -1.97. The standard InChI is InChI=1S/C16H16N2O2/c1-2-12-6-8-13(9-7-12)11-17-18-15-5-3-4-14(10-15)16(19)20/h3-11,18H,2H2,1H3,(H,19,20). The van der Waals surface area contributed by atoms with Crippen molar-refractivity contribution >= 4 is 17.9 Å². The maximum absolute atomic E-state index is 10.8. The van der Waals surface area contributed by atoms with E-state index in [0.29, 0.717) is 5.69 Å². The second kappa shape index (κ2) is 6.52. The van der Waals surface area contributed by atoms with Crippen molar-refractivity contribution in [3.8, 4) is 0 Å². The number of carbonyl (C=O) groups is 1. The van der Waals surface area contributed by atoms with Crippen LogP contribution in [0.1, 0.15) is 28.4 Å². The minimum absolute atomic E-state index is 0.234. The summed E-state index contributed by atoms with van der Waals surface area (Å²) in [6.07, 6.45) is 2.71. The largest absolute Gasteiger partial charge is 0.478 e. The van der Waals surface area contributed by atoms with Crippen molar-refractivity contribution in [3.05, 3.63) is 65.2 Å². The average molecular weight is 268 g/mol. The van der Waals surface area contributed by atoms with Crippen molar-refractivity contribution in [1.82, 2.24) is 0 Å². The first-order valence-corrected chi connectivity index (χ1v) is 6.40. The van der Waals surface area contributed by atoms with Crippen molar-refractivity contribution in [2.45, 2.75) is 13.3 Å². The lowest BCUT2D eigenvalue weighted by atomic mass is 10.1. The highest BCUT2D eigenvalue weighted by Crippen LogP contribution is 2.10. The van der Waals surface area contributed by atoms with Gasteiger partial charge in [0.05, 0.1) is 17.5 Å². The molecule has 2 N–H and O–H groups in total. The van der Waals surface area contributed by atoms with E-state index in [1.165, 1.54) is 5.56 Å². The van der Waals surface area contributed by atoms with E-state index >= 15 is 0 Å². The van der Waals surface area contributed by atoms with Gasteiger partial charge < -0.3 is 5.11 Å². The summed E-state index contributed by atoms with van der Waals surface area (Å²) < 4.78 is 0. The molecule has 0 saturated carbocycles. The van der Waals surface area contributed by atoms with Crippen molar-refractivity contribution in [3.63, 3.8) is 0 Å². The first-order chi connectivity index (χ1) is 9.69. The number of aromatic carboxylic acids is 1. The Bertz CT molecular complexity index is 619. The van der Waals surface area contributed by atoms with Crippen LogP contribution in [-0.2, 0) is 6.42 Å². The van der Waals surface area contributed by atoms with Gasteiger partial charge in [-0.3, -0.25) is 5.43 Å². The molecule has 0 aliphatic heterocycles. The average Bonchev–Trinajstić information content (AvgIpc) is 2.48. The van der Waals surface area contributed by atoms with E-state index in [9.17, 15) is 4.79 Å². The zero-order valence-electron chi connectivity index (χ0n) is 11.2. The summed E-state index contributed by atoms with van der Waals surface area (Å²) in [7, 11) is 0. The van der Waals surface area contributed by atoms with E-state index in [2.05, 4.69) is 29.6 Å². The molecule has 0 unspecified atom stereocenters. The van der Waals surface area contributed by atoms with Crippen LogP contribution in [0.25, 0.3) is 0 Å². The van der Waals surface area contributed by atoms with Crippen LogP contribution in [0, 0.1) is 0 Å². The minimum atomic E-state index is -0.951. The van der Waals surface area contributed by atoms with E-state index in [-0.39, 0.29) is 5.56 Å². The number of hydrogen-bond donors (Lipinski definition) is 2. The highest BCUT2D eigenvalue weighted by Gasteiger charge is 2.01. The second-order valence-corrected chi connectivity index (χ2v) is 4.35. The molecule has 20 heavy (non-hydrogen) atoms. The van der Waals surface area contributed by atoms with Crippen LogP contribution in [0.4, 0.5) is 5.69 Å². The molecule has 2 aromatic carbocycles. The number of carboxylic acid groups (broad SMARTS) is 1. The van der Waals surface area contributed by atoms with Gasteiger partial charge in [-0.15, -0.1) is 0 Å². The molecule has 4 nitrogen and oxygen atoms in total. The summed E-state index contributed by atoms with van der Waals surface area (Å²) in [6, 6.07) is 14.6. The van der Waals surface area contributed by atoms with Gasteiger partial charge in [-0.2, -0.15) is 5.10 Å². The lowest BCUT2D eigenvalue weighted by Gasteiger charge is -2.01. The smallest absolute Gasteiger partial charge is 0.335 e. The van der Waals surface area contributed by atoms with Crippen LogP contribution in [0.3, 0.4) is 0 Å². The third-order valence-corrected chi connectivity index (χ3v) is 2.90. The van der Waals surface area contributed by atoms with E-state index in [1.807, 2.05) is 12.1 Å². The molecule has 0 spiro atoms. The molecule has 0 saturated heterocycles. The van der Waals surface area contributed by atoms with E-state index in [1.54, 1.807) is 30.5 Å². The molecule has 0 aromatic heterocycles. The number of hydrogen-bond acceptors (Lipinski definition) is 3. The molecule has 0 fully saturated rings. The minimum Gasteiger partial charge on any atom is -0.478 e. The molecule has 0 heterocycles. The topological polar surface area (TPSA) is 61.7 Å². The SMILES string of the molecule is CCc1ccc(C=NNc2cccc(C(=O)O)c2)cc1. The molecule has 0 amide bonds. The van der Waals surface area contributed by atoms with Gasteiger partial charge in [-0.1, -0.05) is 37.3 Å². The van der Waals surface area contributed by atoms with Crippen LogP contribution in [0.15, 0.2) is 53.6 Å².